The number of hydrogen-bond acceptors (Lipinski definition) is 2. The molecular formula is C27H38O2Si. The quantitative estimate of drug-likeness (QED) is 0.337. The maximum absolute atomic E-state index is 6.74. The molecule has 0 heterocycles. The molecule has 30 heavy (non-hydrogen) atoms. The minimum Gasteiger partial charge on any atom is -0.520 e. The molecule has 0 unspecified atom stereocenters. The lowest BCUT2D eigenvalue weighted by atomic mass is 9.64. The molecule has 1 fully saturated rings. The summed E-state index contributed by atoms with van der Waals surface area (Å²) in [5.41, 5.74) is 2.55. The summed E-state index contributed by atoms with van der Waals surface area (Å²) in [6.07, 6.45) is 5.73. The Kier molecular flexibility index (Phi) is 7.12. The second-order valence-corrected chi connectivity index (χ2v) is 14.8. The highest BCUT2D eigenvalue weighted by Gasteiger charge is 2.42. The number of hydrogen-bond donors (Lipinski definition) is 0. The Bertz CT molecular complexity index is 821. The molecular weight excluding hydrogens is 384 g/mol. The van der Waals surface area contributed by atoms with Crippen LogP contribution in [-0.2, 0) is 14.6 Å². The Balaban J connectivity index is 1.90. The van der Waals surface area contributed by atoms with Gasteiger partial charge in [-0.1, -0.05) is 87.9 Å². The minimum atomic E-state index is -1.80. The number of rotatable bonds is 7. The van der Waals surface area contributed by atoms with Crippen molar-refractivity contribution in [2.45, 2.75) is 71.2 Å². The van der Waals surface area contributed by atoms with Gasteiger partial charge in [-0.25, -0.2) is 0 Å². The molecule has 3 rings (SSSR count). The SMILES string of the molecule is C[C@@H]1CC[C@@H](C(C)(C)c2ccccc2)[C@H](O/C(=C\c2ccccc2)O[Si](C)(C)C)C1. The maximum atomic E-state index is 6.74. The highest BCUT2D eigenvalue weighted by molar-refractivity contribution is 6.70. The second-order valence-electron chi connectivity index (χ2n) is 10.4. The zero-order chi connectivity index (χ0) is 21.8. The molecule has 0 saturated heterocycles. The van der Waals surface area contributed by atoms with Gasteiger partial charge in [0.25, 0.3) is 5.95 Å². The average molecular weight is 423 g/mol. The van der Waals surface area contributed by atoms with Gasteiger partial charge in [-0.05, 0) is 54.9 Å². The van der Waals surface area contributed by atoms with E-state index in [4.69, 9.17) is 9.16 Å². The van der Waals surface area contributed by atoms with E-state index < -0.39 is 8.32 Å². The molecule has 0 N–H and O–H groups in total. The largest absolute Gasteiger partial charge is 0.520 e. The molecule has 1 aliphatic rings. The van der Waals surface area contributed by atoms with E-state index in [9.17, 15) is 0 Å². The summed E-state index contributed by atoms with van der Waals surface area (Å²) in [6, 6.07) is 21.3. The van der Waals surface area contributed by atoms with Crippen molar-refractivity contribution in [3.8, 4) is 0 Å². The zero-order valence-corrected chi connectivity index (χ0v) is 20.5. The van der Waals surface area contributed by atoms with Crippen LogP contribution in [0.25, 0.3) is 6.08 Å². The van der Waals surface area contributed by atoms with Gasteiger partial charge in [0.1, 0.15) is 6.10 Å². The van der Waals surface area contributed by atoms with Crippen LogP contribution in [0.15, 0.2) is 66.6 Å². The lowest BCUT2D eigenvalue weighted by Crippen LogP contribution is -2.43. The molecule has 1 aliphatic carbocycles. The normalized spacial score (nSPS) is 23.1. The number of benzene rings is 2. The van der Waals surface area contributed by atoms with E-state index in [1.807, 2.05) is 6.07 Å². The standard InChI is InChI=1S/C27H38O2Si/c1-21-17-18-24(27(2,3)23-15-11-8-12-16-23)25(19-21)28-26(29-30(4,5)6)20-22-13-9-7-10-14-22/h7-16,20-21,24-25H,17-19H2,1-6H3/b26-20+/t21-,24-,25-/m1/s1. The molecule has 3 atom stereocenters. The summed E-state index contributed by atoms with van der Waals surface area (Å²) in [4.78, 5) is 0. The fourth-order valence-electron chi connectivity index (χ4n) is 4.59. The van der Waals surface area contributed by atoms with Gasteiger partial charge in [0.05, 0.1) is 0 Å². The van der Waals surface area contributed by atoms with Gasteiger partial charge in [0, 0.05) is 12.0 Å². The third-order valence-electron chi connectivity index (χ3n) is 6.26. The van der Waals surface area contributed by atoms with Crippen LogP contribution >= 0.6 is 0 Å². The first-order valence-corrected chi connectivity index (χ1v) is 14.7. The van der Waals surface area contributed by atoms with Crippen molar-refractivity contribution in [1.82, 2.24) is 0 Å². The van der Waals surface area contributed by atoms with Crippen LogP contribution < -0.4 is 0 Å². The Labute approximate surface area is 184 Å². The lowest BCUT2D eigenvalue weighted by molar-refractivity contribution is -0.0447. The molecule has 0 aliphatic heterocycles. The van der Waals surface area contributed by atoms with Crippen molar-refractivity contribution in [1.29, 1.82) is 0 Å². The van der Waals surface area contributed by atoms with Crippen LogP contribution in [0.5, 0.6) is 0 Å². The van der Waals surface area contributed by atoms with Crippen molar-refractivity contribution in [3.63, 3.8) is 0 Å². The van der Waals surface area contributed by atoms with Crippen LogP contribution in [0.3, 0.4) is 0 Å². The van der Waals surface area contributed by atoms with E-state index in [1.165, 1.54) is 18.4 Å². The molecule has 2 nitrogen and oxygen atoms in total. The second kappa shape index (κ2) is 9.43. The number of ether oxygens (including phenoxy) is 1. The van der Waals surface area contributed by atoms with E-state index in [-0.39, 0.29) is 11.5 Å². The van der Waals surface area contributed by atoms with Crippen molar-refractivity contribution in [2.24, 2.45) is 11.8 Å². The summed E-state index contributed by atoms with van der Waals surface area (Å²) in [5, 5.41) is 0. The summed E-state index contributed by atoms with van der Waals surface area (Å²) in [6.45, 7) is 13.7. The third kappa shape index (κ3) is 6.01. The third-order valence-corrected chi connectivity index (χ3v) is 7.07. The smallest absolute Gasteiger partial charge is 0.266 e. The van der Waals surface area contributed by atoms with E-state index in [0.717, 1.165) is 12.0 Å². The molecule has 0 radical (unpaired) electrons. The van der Waals surface area contributed by atoms with Crippen molar-refractivity contribution >= 4 is 14.4 Å². The fraction of sp³-hybridized carbons (Fsp3) is 0.481. The first-order chi connectivity index (χ1) is 14.1. The molecule has 0 bridgehead atoms. The zero-order valence-electron chi connectivity index (χ0n) is 19.5. The Morgan fingerprint density at radius 1 is 0.933 bits per heavy atom. The Morgan fingerprint density at radius 3 is 2.13 bits per heavy atom. The summed E-state index contributed by atoms with van der Waals surface area (Å²) >= 11 is 0. The van der Waals surface area contributed by atoms with Crippen LogP contribution in [0.1, 0.15) is 51.2 Å². The molecule has 2 aromatic carbocycles. The summed E-state index contributed by atoms with van der Waals surface area (Å²) in [5.74, 6) is 1.80. The van der Waals surface area contributed by atoms with Gasteiger partial charge >= 0.3 is 0 Å². The van der Waals surface area contributed by atoms with Gasteiger partial charge in [-0.3, -0.25) is 0 Å². The van der Waals surface area contributed by atoms with E-state index in [0.29, 0.717) is 17.8 Å². The summed E-state index contributed by atoms with van der Waals surface area (Å²) < 4.78 is 13.2. The first-order valence-electron chi connectivity index (χ1n) is 11.3. The van der Waals surface area contributed by atoms with Gasteiger partial charge in [-0.15, -0.1) is 0 Å². The van der Waals surface area contributed by atoms with Crippen LogP contribution in [-0.4, -0.2) is 14.4 Å². The van der Waals surface area contributed by atoms with Crippen molar-refractivity contribution in [2.75, 3.05) is 0 Å². The van der Waals surface area contributed by atoms with E-state index in [1.54, 1.807) is 0 Å². The molecule has 2 aromatic rings. The Hall–Kier alpha value is -2.00. The van der Waals surface area contributed by atoms with E-state index >= 15 is 0 Å². The molecule has 3 heteroatoms. The molecule has 0 aromatic heterocycles. The van der Waals surface area contributed by atoms with Gasteiger partial charge in [0.15, 0.2) is 0 Å². The first kappa shape index (κ1) is 22.7. The highest BCUT2D eigenvalue weighted by atomic mass is 28.4. The van der Waals surface area contributed by atoms with Gasteiger partial charge < -0.3 is 9.16 Å². The minimum absolute atomic E-state index is 0.0447. The topological polar surface area (TPSA) is 18.5 Å². The van der Waals surface area contributed by atoms with Crippen LogP contribution in [0.2, 0.25) is 19.6 Å². The van der Waals surface area contributed by atoms with Crippen LogP contribution in [0, 0.1) is 11.8 Å². The predicted octanol–water partition coefficient (Wildman–Crippen LogP) is 7.64. The molecule has 0 spiro atoms. The van der Waals surface area contributed by atoms with Gasteiger partial charge in [-0.2, -0.15) is 0 Å². The Morgan fingerprint density at radius 2 is 1.53 bits per heavy atom. The lowest BCUT2D eigenvalue weighted by Gasteiger charge is -2.44. The van der Waals surface area contributed by atoms with E-state index in [2.05, 4.69) is 101 Å². The van der Waals surface area contributed by atoms with Crippen LogP contribution in [0.4, 0.5) is 0 Å². The molecule has 162 valence electrons. The van der Waals surface area contributed by atoms with Crippen molar-refractivity contribution in [3.05, 3.63) is 77.7 Å². The molecule has 0 amide bonds. The fourth-order valence-corrected chi connectivity index (χ4v) is 5.30. The maximum Gasteiger partial charge on any atom is 0.266 e. The predicted molar refractivity (Wildman–Crippen MR) is 130 cm³/mol. The molecule has 1 saturated carbocycles. The monoisotopic (exact) mass is 422 g/mol. The van der Waals surface area contributed by atoms with Gasteiger partial charge in [0.2, 0.25) is 8.32 Å². The highest BCUT2D eigenvalue weighted by Crippen LogP contribution is 2.44. The van der Waals surface area contributed by atoms with Crippen molar-refractivity contribution < 1.29 is 9.16 Å². The average Bonchev–Trinajstić information content (AvgIpc) is 2.68. The summed E-state index contributed by atoms with van der Waals surface area (Å²) in [7, 11) is -1.80.